The summed E-state index contributed by atoms with van der Waals surface area (Å²) < 4.78 is 5.56. The summed E-state index contributed by atoms with van der Waals surface area (Å²) in [6.07, 6.45) is 8.97. The quantitative estimate of drug-likeness (QED) is 0.842. The van der Waals surface area contributed by atoms with Gasteiger partial charge < -0.3 is 15.2 Å². The average Bonchev–Trinajstić information content (AvgIpc) is 2.50. The summed E-state index contributed by atoms with van der Waals surface area (Å²) in [5.74, 6) is 0.741. The Hall–Kier alpha value is -0.870. The molecule has 0 unspecified atom stereocenters. The average molecular weight is 295 g/mol. The lowest BCUT2D eigenvalue weighted by Crippen LogP contribution is -2.39. The van der Waals surface area contributed by atoms with E-state index in [1.54, 1.807) is 13.2 Å². The van der Waals surface area contributed by atoms with E-state index in [4.69, 9.17) is 4.74 Å². The number of ether oxygens (including phenoxy) is 1. The molecule has 1 aliphatic carbocycles. The fourth-order valence-electron chi connectivity index (χ4n) is 2.92. The fraction of sp³-hybridized carbons (Fsp3) is 0.625. The molecule has 112 valence electrons. The van der Waals surface area contributed by atoms with E-state index in [0.717, 1.165) is 18.7 Å². The van der Waals surface area contributed by atoms with E-state index in [1.165, 1.54) is 32.1 Å². The highest BCUT2D eigenvalue weighted by Gasteiger charge is 2.30. The maximum absolute atomic E-state index is 9.59. The molecule has 1 fully saturated rings. The topological polar surface area (TPSA) is 41.5 Å². The number of phenolic OH excluding ortho intramolecular Hbond substituents is 1. The van der Waals surface area contributed by atoms with Crippen molar-refractivity contribution in [2.75, 3.05) is 19.9 Å². The van der Waals surface area contributed by atoms with Gasteiger partial charge in [-0.25, -0.2) is 0 Å². The largest absolute Gasteiger partial charge is 0.504 e. The van der Waals surface area contributed by atoms with E-state index in [0.29, 0.717) is 10.5 Å². The third-order valence-electron chi connectivity index (χ3n) is 4.22. The lowest BCUT2D eigenvalue weighted by Gasteiger charge is -2.36. The third-order valence-corrected chi connectivity index (χ3v) is 5.64. The molecule has 1 aromatic carbocycles. The van der Waals surface area contributed by atoms with Gasteiger partial charge in [-0.1, -0.05) is 25.3 Å². The van der Waals surface area contributed by atoms with Crippen LogP contribution >= 0.6 is 11.8 Å². The highest BCUT2D eigenvalue weighted by Crippen LogP contribution is 2.38. The first-order chi connectivity index (χ1) is 9.69. The molecule has 1 saturated carbocycles. The molecular formula is C16H25NO2S. The lowest BCUT2D eigenvalue weighted by molar-refractivity contribution is 0.371. The van der Waals surface area contributed by atoms with Gasteiger partial charge in [0.2, 0.25) is 0 Å². The van der Waals surface area contributed by atoms with Crippen molar-refractivity contribution >= 4 is 11.8 Å². The van der Waals surface area contributed by atoms with Crippen LogP contribution in [0.15, 0.2) is 18.2 Å². The van der Waals surface area contributed by atoms with Gasteiger partial charge >= 0.3 is 0 Å². The Balaban J connectivity index is 1.88. The van der Waals surface area contributed by atoms with Crippen molar-refractivity contribution in [1.82, 2.24) is 5.32 Å². The minimum absolute atomic E-state index is 0.198. The lowest BCUT2D eigenvalue weighted by atomic mass is 9.88. The molecular weight excluding hydrogens is 270 g/mol. The molecule has 20 heavy (non-hydrogen) atoms. The van der Waals surface area contributed by atoms with Crippen molar-refractivity contribution in [1.29, 1.82) is 0 Å². The zero-order valence-corrected chi connectivity index (χ0v) is 13.3. The number of rotatable bonds is 6. The molecule has 2 N–H and O–H groups in total. The number of benzene rings is 1. The smallest absolute Gasteiger partial charge is 0.160 e. The van der Waals surface area contributed by atoms with Crippen LogP contribution in [0.25, 0.3) is 0 Å². The minimum atomic E-state index is 0.198. The normalized spacial score (nSPS) is 17.9. The van der Waals surface area contributed by atoms with E-state index in [1.807, 2.05) is 23.9 Å². The highest BCUT2D eigenvalue weighted by molar-refractivity contribution is 8.00. The summed E-state index contributed by atoms with van der Waals surface area (Å²) in [6.45, 7) is 1.87. The Morgan fingerprint density at radius 2 is 2.05 bits per heavy atom. The molecule has 3 nitrogen and oxygen atoms in total. The number of hydrogen-bond donors (Lipinski definition) is 2. The van der Waals surface area contributed by atoms with Gasteiger partial charge in [-0.2, -0.15) is 11.8 Å². The molecule has 1 aliphatic rings. The first kappa shape index (κ1) is 15.5. The molecule has 1 aromatic rings. The van der Waals surface area contributed by atoms with Crippen LogP contribution in [-0.2, 0) is 6.54 Å². The van der Waals surface area contributed by atoms with E-state index >= 15 is 0 Å². The molecule has 0 radical (unpaired) electrons. The van der Waals surface area contributed by atoms with Crippen molar-refractivity contribution in [3.63, 3.8) is 0 Å². The zero-order chi connectivity index (χ0) is 14.4. The van der Waals surface area contributed by atoms with Crippen molar-refractivity contribution in [3.8, 4) is 11.5 Å². The van der Waals surface area contributed by atoms with Gasteiger partial charge in [-0.15, -0.1) is 0 Å². The Morgan fingerprint density at radius 3 is 2.70 bits per heavy atom. The Morgan fingerprint density at radius 1 is 1.30 bits per heavy atom. The number of thioether (sulfide) groups is 1. The van der Waals surface area contributed by atoms with E-state index in [9.17, 15) is 5.11 Å². The summed E-state index contributed by atoms with van der Waals surface area (Å²) in [7, 11) is 1.58. The second kappa shape index (κ2) is 7.23. The van der Waals surface area contributed by atoms with Gasteiger partial charge in [0.05, 0.1) is 7.11 Å². The number of nitrogens with one attached hydrogen (secondary N) is 1. The van der Waals surface area contributed by atoms with Crippen LogP contribution in [0.3, 0.4) is 0 Å². The second-order valence-corrected chi connectivity index (χ2v) is 6.83. The molecule has 0 heterocycles. The number of methoxy groups -OCH3 is 1. The fourth-order valence-corrected chi connectivity index (χ4v) is 3.86. The molecule has 0 aromatic heterocycles. The molecule has 0 spiro atoms. The predicted octanol–water partition coefficient (Wildman–Crippen LogP) is 3.56. The standard InChI is InChI=1S/C16H25NO2S/c1-19-15-10-13(6-7-14(15)18)11-17-12-16(20-2)8-4-3-5-9-16/h6-7,10,17-18H,3-5,8-9,11-12H2,1-2H3. The van der Waals surface area contributed by atoms with E-state index in [-0.39, 0.29) is 5.75 Å². The first-order valence-corrected chi connectivity index (χ1v) is 8.53. The second-order valence-electron chi connectivity index (χ2n) is 5.56. The van der Waals surface area contributed by atoms with E-state index in [2.05, 4.69) is 11.6 Å². The molecule has 0 atom stereocenters. The summed E-state index contributed by atoms with van der Waals surface area (Å²) >= 11 is 2.01. The Bertz CT molecular complexity index is 430. The van der Waals surface area contributed by atoms with Crippen molar-refractivity contribution in [2.24, 2.45) is 0 Å². The Labute approximate surface area is 126 Å². The van der Waals surface area contributed by atoms with Crippen molar-refractivity contribution in [3.05, 3.63) is 23.8 Å². The van der Waals surface area contributed by atoms with Crippen LogP contribution in [0.5, 0.6) is 11.5 Å². The molecule has 0 saturated heterocycles. The maximum atomic E-state index is 9.59. The number of hydrogen-bond acceptors (Lipinski definition) is 4. The van der Waals surface area contributed by atoms with Crippen molar-refractivity contribution < 1.29 is 9.84 Å². The van der Waals surface area contributed by atoms with Crippen LogP contribution in [0.1, 0.15) is 37.7 Å². The zero-order valence-electron chi connectivity index (χ0n) is 12.4. The summed E-state index contributed by atoms with van der Waals surface area (Å²) in [6, 6.07) is 5.53. The van der Waals surface area contributed by atoms with Gasteiger partial charge in [0.25, 0.3) is 0 Å². The Kier molecular flexibility index (Phi) is 5.61. The van der Waals surface area contributed by atoms with Crippen LogP contribution in [0, 0.1) is 0 Å². The highest BCUT2D eigenvalue weighted by atomic mass is 32.2. The molecule has 0 amide bonds. The van der Waals surface area contributed by atoms with Crippen LogP contribution in [0.2, 0.25) is 0 Å². The molecule has 2 rings (SSSR count). The summed E-state index contributed by atoms with van der Waals surface area (Å²) in [4.78, 5) is 0. The minimum Gasteiger partial charge on any atom is -0.504 e. The SMILES string of the molecule is COc1cc(CNCC2(SC)CCCCC2)ccc1O. The molecule has 0 aliphatic heterocycles. The number of phenols is 1. The van der Waals surface area contributed by atoms with Crippen molar-refractivity contribution in [2.45, 2.75) is 43.4 Å². The van der Waals surface area contributed by atoms with Crippen LogP contribution in [0.4, 0.5) is 0 Å². The summed E-state index contributed by atoms with van der Waals surface area (Å²) in [5, 5.41) is 13.2. The third kappa shape index (κ3) is 3.83. The van der Waals surface area contributed by atoms with Crippen LogP contribution in [-0.4, -0.2) is 29.8 Å². The molecule has 4 heteroatoms. The first-order valence-electron chi connectivity index (χ1n) is 7.31. The van der Waals surface area contributed by atoms with Gasteiger partial charge in [-0.05, 0) is 36.8 Å². The monoisotopic (exact) mass is 295 g/mol. The number of aromatic hydroxyl groups is 1. The molecule has 0 bridgehead atoms. The van der Waals surface area contributed by atoms with Gasteiger partial charge in [0.1, 0.15) is 0 Å². The van der Waals surface area contributed by atoms with Gasteiger partial charge in [-0.3, -0.25) is 0 Å². The van der Waals surface area contributed by atoms with Gasteiger partial charge in [0.15, 0.2) is 11.5 Å². The summed E-state index contributed by atoms with van der Waals surface area (Å²) in [5.41, 5.74) is 1.15. The van der Waals surface area contributed by atoms with Crippen LogP contribution < -0.4 is 10.1 Å². The van der Waals surface area contributed by atoms with E-state index < -0.39 is 0 Å². The maximum Gasteiger partial charge on any atom is 0.160 e. The predicted molar refractivity (Wildman–Crippen MR) is 85.7 cm³/mol. The van der Waals surface area contributed by atoms with Gasteiger partial charge in [0, 0.05) is 17.8 Å².